The van der Waals surface area contributed by atoms with Gasteiger partial charge in [-0.25, -0.2) is 4.98 Å². The molecule has 2 aromatic rings. The third-order valence-corrected chi connectivity index (χ3v) is 3.86. The molecular formula is C13H18N4O2S. The van der Waals surface area contributed by atoms with E-state index in [0.717, 1.165) is 12.1 Å². The molecule has 1 heterocycles. The predicted octanol–water partition coefficient (Wildman–Crippen LogP) is 1.07. The Morgan fingerprint density at radius 2 is 2.25 bits per heavy atom. The summed E-state index contributed by atoms with van der Waals surface area (Å²) < 4.78 is 11.1. The molecule has 1 aromatic carbocycles. The summed E-state index contributed by atoms with van der Waals surface area (Å²) in [5, 5.41) is 3.74. The molecule has 4 N–H and O–H groups in total. The Kier molecular flexibility index (Phi) is 4.39. The minimum Gasteiger partial charge on any atom is -0.397 e. The molecule has 0 amide bonds. The predicted molar refractivity (Wildman–Crippen MR) is 83.4 cm³/mol. The van der Waals surface area contributed by atoms with Crippen molar-refractivity contribution < 1.29 is 4.21 Å². The van der Waals surface area contributed by atoms with Crippen molar-refractivity contribution in [3.8, 4) is 0 Å². The number of aromatic nitrogens is 2. The van der Waals surface area contributed by atoms with Crippen LogP contribution in [0.1, 0.15) is 13.3 Å². The third-order valence-electron chi connectivity index (χ3n) is 3.05. The van der Waals surface area contributed by atoms with Gasteiger partial charge in [0.1, 0.15) is 0 Å². The number of benzene rings is 1. The summed E-state index contributed by atoms with van der Waals surface area (Å²) in [6.45, 7) is 2.00. The Hall–Kier alpha value is -1.89. The summed E-state index contributed by atoms with van der Waals surface area (Å²) in [6, 6.07) is 3.52. The first-order valence-electron chi connectivity index (χ1n) is 6.31. The summed E-state index contributed by atoms with van der Waals surface area (Å²) in [5.74, 6) is 0.638. The van der Waals surface area contributed by atoms with Gasteiger partial charge in [-0.05, 0) is 25.5 Å². The van der Waals surface area contributed by atoms with Crippen LogP contribution in [0, 0.1) is 0 Å². The van der Waals surface area contributed by atoms with Gasteiger partial charge in [0.05, 0.1) is 28.6 Å². The van der Waals surface area contributed by atoms with E-state index in [0.29, 0.717) is 22.3 Å². The van der Waals surface area contributed by atoms with E-state index >= 15 is 0 Å². The standard InChI is InChI=1S/C13H18N4O2S/c1-8(3-4-20(2)19)17-12-6-11-9(5-10(12)14)13(18)16-7-15-11/h5-8,17H,3-4,14H2,1-2H3,(H,15,16,18). The Labute approximate surface area is 119 Å². The number of nitrogens with one attached hydrogen (secondary N) is 2. The maximum Gasteiger partial charge on any atom is 0.258 e. The molecule has 2 unspecified atom stereocenters. The third kappa shape index (κ3) is 3.36. The molecule has 0 aliphatic rings. The number of H-pyrrole nitrogens is 1. The molecule has 0 aliphatic heterocycles. The smallest absolute Gasteiger partial charge is 0.258 e. The summed E-state index contributed by atoms with van der Waals surface area (Å²) in [4.78, 5) is 18.3. The number of nitrogen functional groups attached to an aromatic ring is 1. The highest BCUT2D eigenvalue weighted by atomic mass is 32.2. The zero-order valence-electron chi connectivity index (χ0n) is 11.5. The first-order chi connectivity index (χ1) is 9.47. The molecule has 0 aliphatic carbocycles. The minimum atomic E-state index is -0.804. The number of fused-ring (bicyclic) bond motifs is 1. The molecule has 7 heteroatoms. The van der Waals surface area contributed by atoms with Gasteiger partial charge in [-0.1, -0.05) is 0 Å². The Bertz CT molecular complexity index is 698. The highest BCUT2D eigenvalue weighted by molar-refractivity contribution is 7.84. The van der Waals surface area contributed by atoms with Crippen molar-refractivity contribution in [3.05, 3.63) is 28.8 Å². The highest BCUT2D eigenvalue weighted by Gasteiger charge is 2.09. The Morgan fingerprint density at radius 1 is 1.50 bits per heavy atom. The first-order valence-corrected chi connectivity index (χ1v) is 8.03. The SMILES string of the molecule is CC(CCS(C)=O)Nc1cc2nc[nH]c(=O)c2cc1N. The fourth-order valence-electron chi connectivity index (χ4n) is 1.94. The molecule has 1 aromatic heterocycles. The molecule has 20 heavy (non-hydrogen) atoms. The van der Waals surface area contributed by atoms with Gasteiger partial charge >= 0.3 is 0 Å². The van der Waals surface area contributed by atoms with E-state index in [2.05, 4.69) is 15.3 Å². The fraction of sp³-hybridized carbons (Fsp3) is 0.385. The average molecular weight is 294 g/mol. The number of nitrogens with two attached hydrogens (primary N) is 1. The number of anilines is 2. The van der Waals surface area contributed by atoms with Crippen molar-refractivity contribution in [1.82, 2.24) is 9.97 Å². The molecule has 0 spiro atoms. The van der Waals surface area contributed by atoms with Crippen LogP contribution in [-0.4, -0.2) is 32.2 Å². The van der Waals surface area contributed by atoms with Gasteiger partial charge in [-0.2, -0.15) is 0 Å². The average Bonchev–Trinajstić information content (AvgIpc) is 2.38. The van der Waals surface area contributed by atoms with Gasteiger partial charge in [-0.15, -0.1) is 0 Å². The second kappa shape index (κ2) is 6.04. The van der Waals surface area contributed by atoms with E-state index in [1.807, 2.05) is 6.92 Å². The van der Waals surface area contributed by atoms with Crippen LogP contribution in [0.25, 0.3) is 10.9 Å². The van der Waals surface area contributed by atoms with E-state index in [4.69, 9.17) is 5.73 Å². The lowest BCUT2D eigenvalue weighted by molar-refractivity contribution is 0.678. The van der Waals surface area contributed by atoms with E-state index in [9.17, 15) is 9.00 Å². The van der Waals surface area contributed by atoms with Crippen LogP contribution in [0.15, 0.2) is 23.3 Å². The van der Waals surface area contributed by atoms with Crippen LogP contribution < -0.4 is 16.6 Å². The van der Waals surface area contributed by atoms with Crippen LogP contribution in [-0.2, 0) is 10.8 Å². The van der Waals surface area contributed by atoms with Crippen LogP contribution in [0.4, 0.5) is 11.4 Å². The van der Waals surface area contributed by atoms with Crippen LogP contribution >= 0.6 is 0 Å². The highest BCUT2D eigenvalue weighted by Crippen LogP contribution is 2.23. The summed E-state index contributed by atoms with van der Waals surface area (Å²) in [6.07, 6.45) is 3.84. The van der Waals surface area contributed by atoms with Gasteiger partial charge in [-0.3, -0.25) is 9.00 Å². The normalized spacial score (nSPS) is 14.1. The van der Waals surface area contributed by atoms with Crippen LogP contribution in [0.5, 0.6) is 0 Å². The molecular weight excluding hydrogens is 276 g/mol. The summed E-state index contributed by atoms with van der Waals surface area (Å²) in [5.41, 5.74) is 7.59. The van der Waals surface area contributed by atoms with Crippen molar-refractivity contribution in [2.24, 2.45) is 0 Å². The number of hydrogen-bond acceptors (Lipinski definition) is 5. The van der Waals surface area contributed by atoms with Crippen LogP contribution in [0.3, 0.4) is 0 Å². The monoisotopic (exact) mass is 294 g/mol. The molecule has 0 saturated carbocycles. The zero-order valence-corrected chi connectivity index (χ0v) is 12.3. The maximum absolute atomic E-state index is 11.6. The van der Waals surface area contributed by atoms with E-state index in [1.54, 1.807) is 18.4 Å². The lowest BCUT2D eigenvalue weighted by atomic mass is 10.1. The van der Waals surface area contributed by atoms with Crippen molar-refractivity contribution in [1.29, 1.82) is 0 Å². The lowest BCUT2D eigenvalue weighted by Crippen LogP contribution is -2.19. The zero-order chi connectivity index (χ0) is 14.7. The summed E-state index contributed by atoms with van der Waals surface area (Å²) >= 11 is 0. The van der Waals surface area contributed by atoms with E-state index in [1.165, 1.54) is 6.33 Å². The first kappa shape index (κ1) is 14.5. The number of hydrogen-bond donors (Lipinski definition) is 3. The van der Waals surface area contributed by atoms with E-state index < -0.39 is 10.8 Å². The second-order valence-corrected chi connectivity index (χ2v) is 6.35. The molecule has 0 bridgehead atoms. The molecule has 0 radical (unpaired) electrons. The molecule has 2 rings (SSSR count). The molecule has 6 nitrogen and oxygen atoms in total. The van der Waals surface area contributed by atoms with Crippen molar-refractivity contribution >= 4 is 33.1 Å². The van der Waals surface area contributed by atoms with Crippen LogP contribution in [0.2, 0.25) is 0 Å². The van der Waals surface area contributed by atoms with Crippen molar-refractivity contribution in [3.63, 3.8) is 0 Å². The van der Waals surface area contributed by atoms with E-state index in [-0.39, 0.29) is 11.6 Å². The molecule has 108 valence electrons. The number of aromatic amines is 1. The Balaban J connectivity index is 2.24. The van der Waals surface area contributed by atoms with Gasteiger partial charge in [0.2, 0.25) is 0 Å². The quantitative estimate of drug-likeness (QED) is 0.716. The second-order valence-electron chi connectivity index (χ2n) is 4.80. The minimum absolute atomic E-state index is 0.139. The number of rotatable bonds is 5. The van der Waals surface area contributed by atoms with Crippen molar-refractivity contribution in [2.45, 2.75) is 19.4 Å². The number of nitrogens with zero attached hydrogens (tertiary/aromatic N) is 1. The molecule has 0 fully saturated rings. The molecule has 2 atom stereocenters. The van der Waals surface area contributed by atoms with Gasteiger partial charge in [0.25, 0.3) is 5.56 Å². The lowest BCUT2D eigenvalue weighted by Gasteiger charge is -2.16. The van der Waals surface area contributed by atoms with Gasteiger partial charge in [0, 0.05) is 28.9 Å². The fourth-order valence-corrected chi connectivity index (χ4v) is 2.62. The van der Waals surface area contributed by atoms with Gasteiger partial charge in [0.15, 0.2) is 0 Å². The molecule has 0 saturated heterocycles. The largest absolute Gasteiger partial charge is 0.397 e. The van der Waals surface area contributed by atoms with Gasteiger partial charge < -0.3 is 16.0 Å². The summed E-state index contributed by atoms with van der Waals surface area (Å²) in [7, 11) is -0.804. The van der Waals surface area contributed by atoms with Crippen molar-refractivity contribution in [2.75, 3.05) is 23.1 Å². The maximum atomic E-state index is 11.6. The Morgan fingerprint density at radius 3 is 2.95 bits per heavy atom. The topological polar surface area (TPSA) is 101 Å².